The summed E-state index contributed by atoms with van der Waals surface area (Å²) in [4.78, 5) is 0. The molecule has 0 saturated heterocycles. The van der Waals surface area contributed by atoms with Gasteiger partial charge >= 0.3 is 7.60 Å². The summed E-state index contributed by atoms with van der Waals surface area (Å²) in [6.45, 7) is 65.7. The maximum Gasteiger partial charge on any atom is 0.307 e. The van der Waals surface area contributed by atoms with Gasteiger partial charge in [-0.1, -0.05) is 172 Å². The van der Waals surface area contributed by atoms with Crippen molar-refractivity contribution in [1.29, 1.82) is 0 Å². The number of hydrogen-bond donors (Lipinski definition) is 0. The lowest BCUT2D eigenvalue weighted by Gasteiger charge is -2.72. The Morgan fingerprint density at radius 2 is 0.756 bits per heavy atom. The molecule has 272 valence electrons. The number of hydrogen-bond acceptors (Lipinski definition) is 3. The molecule has 0 radical (unpaired) electrons. The van der Waals surface area contributed by atoms with Crippen LogP contribution in [0.25, 0.3) is 0 Å². The lowest BCUT2D eigenvalue weighted by Crippen LogP contribution is -2.66. The van der Waals surface area contributed by atoms with Gasteiger partial charge in [-0.15, -0.1) is 0 Å². The van der Waals surface area contributed by atoms with E-state index in [4.69, 9.17) is 8.43 Å². The van der Waals surface area contributed by atoms with Gasteiger partial charge in [-0.25, -0.2) is 0 Å². The minimum absolute atomic E-state index is 0.000652. The molecule has 0 rings (SSSR count). The first kappa shape index (κ1) is 45.6. The van der Waals surface area contributed by atoms with Crippen molar-refractivity contribution in [2.75, 3.05) is 6.66 Å². The van der Waals surface area contributed by atoms with Crippen LogP contribution < -0.4 is 0 Å². The molecule has 0 aliphatic carbocycles. The second-order valence-corrected chi connectivity index (χ2v) is 29.4. The van der Waals surface area contributed by atoms with Crippen LogP contribution in [-0.2, 0) is 13.0 Å². The highest BCUT2D eigenvalue weighted by Crippen LogP contribution is 2.76. The Morgan fingerprint density at radius 1 is 0.511 bits per heavy atom. The Morgan fingerprint density at radius 3 is 1.00 bits per heavy atom. The molecule has 0 bridgehead atoms. The molecule has 0 N–H and O–H groups in total. The molecule has 0 heterocycles. The van der Waals surface area contributed by atoms with Crippen LogP contribution in [-0.4, -0.2) is 24.7 Å². The van der Waals surface area contributed by atoms with Crippen molar-refractivity contribution in [3.63, 3.8) is 0 Å². The molecule has 0 saturated carbocycles. The van der Waals surface area contributed by atoms with Gasteiger partial charge in [-0.3, -0.25) is 4.57 Å². The summed E-state index contributed by atoms with van der Waals surface area (Å²) in [5.74, 6) is 0. The molecule has 0 amide bonds. The first-order chi connectivity index (χ1) is 19.1. The van der Waals surface area contributed by atoms with Gasteiger partial charge < -0.3 is 8.43 Å². The molecular formula is C39H85O3PSi2. The highest BCUT2D eigenvalue weighted by atomic mass is 31.2. The third-order valence-electron chi connectivity index (χ3n) is 18.9. The van der Waals surface area contributed by atoms with E-state index in [1.165, 1.54) is 0 Å². The van der Waals surface area contributed by atoms with Gasteiger partial charge in [0.1, 0.15) is 0 Å². The molecule has 1 unspecified atom stereocenters. The van der Waals surface area contributed by atoms with Gasteiger partial charge in [0.25, 0.3) is 0 Å². The molecule has 0 aromatic rings. The summed E-state index contributed by atoms with van der Waals surface area (Å²) < 4.78 is 25.8. The van der Waals surface area contributed by atoms with Crippen molar-refractivity contribution in [3.05, 3.63) is 0 Å². The normalized spacial score (nSPS) is 18.1. The van der Waals surface area contributed by atoms with Crippen molar-refractivity contribution in [1.82, 2.24) is 0 Å². The van der Waals surface area contributed by atoms with Crippen LogP contribution in [0.1, 0.15) is 166 Å². The fraction of sp³-hybridized carbons (Fsp3) is 1.00. The maximum absolute atomic E-state index is 13.4. The average molecular weight is 689 g/mol. The molecule has 0 fully saturated rings. The molecule has 0 aliphatic heterocycles. The standard InChI is InChI=1S/C39H85O3PSi2/c1-28-29(2,3)30(4,5)31(6,7)32(8,9)33(10,11)34(12,13)35(14,15)36(16,17)37(18,19)38(20,21)39(22,23)45(26,27)42-43(24,40)41-44-25/h28,44H2,1-27H3. The summed E-state index contributed by atoms with van der Waals surface area (Å²) in [6.07, 6.45) is 1.16. The zero-order valence-electron chi connectivity index (χ0n) is 36.1. The summed E-state index contributed by atoms with van der Waals surface area (Å²) in [6, 6.07) is 0. The lowest BCUT2D eigenvalue weighted by atomic mass is 9.33. The fourth-order valence-corrected chi connectivity index (χ4v) is 17.7. The van der Waals surface area contributed by atoms with E-state index < -0.39 is 25.7 Å². The van der Waals surface area contributed by atoms with E-state index in [-0.39, 0.29) is 59.2 Å². The van der Waals surface area contributed by atoms with Crippen molar-refractivity contribution >= 4 is 25.7 Å². The summed E-state index contributed by atoms with van der Waals surface area (Å²) in [7, 11) is -6.47. The quantitative estimate of drug-likeness (QED) is 0.120. The van der Waals surface area contributed by atoms with Crippen molar-refractivity contribution < 1.29 is 13.0 Å². The first-order valence-corrected chi connectivity index (χ1v) is 24.9. The Bertz CT molecular complexity index is 1090. The lowest BCUT2D eigenvalue weighted by molar-refractivity contribution is -0.234. The Kier molecular flexibility index (Phi) is 12.6. The predicted molar refractivity (Wildman–Crippen MR) is 210 cm³/mol. The minimum atomic E-state index is -3.09. The Hall–Kier alpha value is 0.584. The van der Waals surface area contributed by atoms with Crippen molar-refractivity contribution in [2.24, 2.45) is 54.1 Å². The second-order valence-electron chi connectivity index (χ2n) is 21.3. The van der Waals surface area contributed by atoms with E-state index >= 15 is 0 Å². The predicted octanol–water partition coefficient (Wildman–Crippen LogP) is 13.6. The van der Waals surface area contributed by atoms with Crippen LogP contribution in [0.5, 0.6) is 0 Å². The molecule has 1 atom stereocenters. The molecule has 45 heavy (non-hydrogen) atoms. The first-order valence-electron chi connectivity index (χ1n) is 18.0. The van der Waals surface area contributed by atoms with Crippen LogP contribution >= 0.6 is 7.60 Å². The summed E-state index contributed by atoms with van der Waals surface area (Å²) in [5.41, 5.74) is -0.223. The average Bonchev–Trinajstić information content (AvgIpc) is 2.81. The summed E-state index contributed by atoms with van der Waals surface area (Å²) >= 11 is 0. The van der Waals surface area contributed by atoms with Gasteiger partial charge in [-0.2, -0.15) is 0 Å². The smallest absolute Gasteiger partial charge is 0.307 e. The van der Waals surface area contributed by atoms with Crippen molar-refractivity contribution in [3.8, 4) is 0 Å². The zero-order valence-corrected chi connectivity index (χ0v) is 39.4. The minimum Gasteiger partial charge on any atom is -0.359 e. The molecule has 6 heteroatoms. The molecular weight excluding hydrogens is 604 g/mol. The molecule has 3 nitrogen and oxygen atoms in total. The van der Waals surface area contributed by atoms with Gasteiger partial charge in [0, 0.05) is 6.66 Å². The topological polar surface area (TPSA) is 35.5 Å². The third-order valence-corrected chi connectivity index (χ3v) is 28.6. The summed E-state index contributed by atoms with van der Waals surface area (Å²) in [5, 5.41) is -0.210. The van der Waals surface area contributed by atoms with E-state index in [1.54, 1.807) is 6.66 Å². The van der Waals surface area contributed by atoms with Crippen molar-refractivity contribution in [2.45, 2.75) is 190 Å². The van der Waals surface area contributed by atoms with E-state index in [1.807, 2.05) is 6.55 Å². The van der Waals surface area contributed by atoms with E-state index in [0.717, 1.165) is 6.42 Å². The maximum atomic E-state index is 13.4. The van der Waals surface area contributed by atoms with E-state index in [9.17, 15) is 4.57 Å². The fourth-order valence-electron chi connectivity index (χ4n) is 9.08. The van der Waals surface area contributed by atoms with Crippen LogP contribution in [0.2, 0.25) is 24.7 Å². The molecule has 0 aromatic heterocycles. The SMILES string of the molecule is CCC(C)(C)C(C)(C)C(C)(C)C(C)(C)C(C)(C)C(C)(C)C(C)(C)C(C)(C)C(C)(C)C(C)(C)C(C)(C)[Si](C)(C)OP(C)(=O)O[SiH2]C. The highest BCUT2D eigenvalue weighted by molar-refractivity contribution is 7.55. The van der Waals surface area contributed by atoms with Gasteiger partial charge in [0.2, 0.25) is 8.32 Å². The van der Waals surface area contributed by atoms with Crippen LogP contribution in [0.4, 0.5) is 0 Å². The van der Waals surface area contributed by atoms with Gasteiger partial charge in [0.15, 0.2) is 9.76 Å². The highest BCUT2D eigenvalue weighted by Gasteiger charge is 2.69. The molecule has 0 aromatic carbocycles. The Labute approximate surface area is 288 Å². The van der Waals surface area contributed by atoms with Gasteiger partial charge in [0.05, 0.1) is 0 Å². The van der Waals surface area contributed by atoms with Gasteiger partial charge in [-0.05, 0) is 72.3 Å². The molecule has 0 spiro atoms. The van der Waals surface area contributed by atoms with Crippen LogP contribution in [0, 0.1) is 54.1 Å². The Balaban J connectivity index is 7.35. The van der Waals surface area contributed by atoms with E-state index in [0.29, 0.717) is 0 Å². The zero-order chi connectivity index (χ0) is 37.3. The third kappa shape index (κ3) is 6.38. The largest absolute Gasteiger partial charge is 0.359 e. The second kappa shape index (κ2) is 12.4. The molecule has 0 aliphatic rings. The van der Waals surface area contributed by atoms with E-state index in [2.05, 4.69) is 172 Å². The number of rotatable bonds is 16. The van der Waals surface area contributed by atoms with Crippen LogP contribution in [0.3, 0.4) is 0 Å². The van der Waals surface area contributed by atoms with Crippen LogP contribution in [0.15, 0.2) is 0 Å². The monoisotopic (exact) mass is 689 g/mol.